The van der Waals surface area contributed by atoms with Crippen LogP contribution in [0, 0.1) is 6.92 Å². The Balaban J connectivity index is 1.13. The molecular weight excluding hydrogens is 564 g/mol. The summed E-state index contributed by atoms with van der Waals surface area (Å²) in [5, 5.41) is 0.269. The van der Waals surface area contributed by atoms with Gasteiger partial charge in [-0.25, -0.2) is 13.4 Å². The Morgan fingerprint density at radius 2 is 1.64 bits per heavy atom. The van der Waals surface area contributed by atoms with E-state index in [0.717, 1.165) is 50.0 Å². The lowest BCUT2D eigenvalue weighted by molar-refractivity contribution is 0.0949. The van der Waals surface area contributed by atoms with E-state index in [2.05, 4.69) is 64.9 Å². The number of piperidine rings is 1. The average molecular weight is 603 g/mol. The van der Waals surface area contributed by atoms with Crippen LogP contribution in [0.1, 0.15) is 61.5 Å². The zero-order valence-electron chi connectivity index (χ0n) is 24.4. The fourth-order valence-corrected chi connectivity index (χ4v) is 10.1. The number of hydrogen-bond donors (Lipinski definition) is 0. The number of likely N-dealkylation sites (N-methyl/N-ethyl adjacent to an activating group) is 1. The fraction of sp³-hybridized carbons (Fsp3) is 0.441. The largest absolute Gasteiger partial charge is 0.325 e. The van der Waals surface area contributed by atoms with Gasteiger partial charge in [-0.1, -0.05) is 60.1 Å². The van der Waals surface area contributed by atoms with Crippen LogP contribution in [0.15, 0.2) is 77.7 Å². The molecule has 0 N–H and O–H groups in total. The molecular formula is C34H39ClN4O2S. The molecule has 0 spiro atoms. The summed E-state index contributed by atoms with van der Waals surface area (Å²) in [6, 6.07) is 25.5. The first-order valence-electron chi connectivity index (χ1n) is 15.3. The lowest BCUT2D eigenvalue weighted by Gasteiger charge is -2.42. The van der Waals surface area contributed by atoms with Crippen LogP contribution in [0.4, 0.5) is 0 Å². The van der Waals surface area contributed by atoms with Crippen LogP contribution in [-0.2, 0) is 21.9 Å². The number of nitrogens with zero attached hydrogens (tertiary/aromatic N) is 4. The Kier molecular flexibility index (Phi) is 7.21. The Hall–Kier alpha value is -2.71. The van der Waals surface area contributed by atoms with E-state index in [4.69, 9.17) is 16.6 Å². The first-order chi connectivity index (χ1) is 20.3. The number of benzene rings is 3. The average Bonchev–Trinajstić information content (AvgIpc) is 3.59. The first-order valence-corrected chi connectivity index (χ1v) is 17.1. The molecule has 8 heteroatoms. The van der Waals surface area contributed by atoms with E-state index in [1.54, 1.807) is 35.6 Å². The van der Waals surface area contributed by atoms with Gasteiger partial charge >= 0.3 is 0 Å². The zero-order valence-corrected chi connectivity index (χ0v) is 26.0. The number of aryl methyl sites for hydroxylation is 2. The summed E-state index contributed by atoms with van der Waals surface area (Å²) in [5.74, 6) is 1.11. The molecule has 7 rings (SSSR count). The van der Waals surface area contributed by atoms with Crippen LogP contribution in [0.5, 0.6) is 0 Å². The molecule has 6 nitrogen and oxygen atoms in total. The minimum absolute atomic E-state index is 0.179. The van der Waals surface area contributed by atoms with Crippen LogP contribution in [-0.4, -0.2) is 59.4 Å². The van der Waals surface area contributed by atoms with Gasteiger partial charge in [0, 0.05) is 37.1 Å². The Morgan fingerprint density at radius 1 is 0.952 bits per heavy atom. The number of hydrogen-bond acceptors (Lipinski definition) is 4. The molecule has 220 valence electrons. The third-order valence-corrected chi connectivity index (χ3v) is 12.7. The zero-order chi connectivity index (χ0) is 29.1. The Morgan fingerprint density at radius 3 is 2.43 bits per heavy atom. The van der Waals surface area contributed by atoms with Gasteiger partial charge in [-0.05, 0) is 93.8 Å². The number of imidazole rings is 1. The summed E-state index contributed by atoms with van der Waals surface area (Å²) < 4.78 is 31.4. The van der Waals surface area contributed by atoms with E-state index in [1.807, 2.05) is 0 Å². The molecule has 2 aliphatic heterocycles. The second-order valence-corrected chi connectivity index (χ2v) is 15.1. The molecule has 0 amide bonds. The van der Waals surface area contributed by atoms with Gasteiger partial charge in [-0.3, -0.25) is 4.90 Å². The van der Waals surface area contributed by atoms with Crippen LogP contribution in [0.2, 0.25) is 5.02 Å². The molecule has 3 atom stereocenters. The van der Waals surface area contributed by atoms with Crippen LogP contribution >= 0.6 is 11.6 Å². The maximum Gasteiger partial charge on any atom is 0.244 e. The molecule has 0 radical (unpaired) electrons. The molecule has 3 aliphatic rings. The van der Waals surface area contributed by atoms with Gasteiger partial charge in [-0.2, -0.15) is 4.31 Å². The smallest absolute Gasteiger partial charge is 0.244 e. The van der Waals surface area contributed by atoms with Crippen molar-refractivity contribution in [2.75, 3.05) is 20.1 Å². The molecule has 2 bridgehead atoms. The minimum atomic E-state index is -3.73. The second kappa shape index (κ2) is 10.8. The number of aromatic nitrogens is 2. The predicted molar refractivity (Wildman–Crippen MR) is 169 cm³/mol. The van der Waals surface area contributed by atoms with Crippen molar-refractivity contribution in [3.63, 3.8) is 0 Å². The van der Waals surface area contributed by atoms with Gasteiger partial charge in [0.1, 0.15) is 10.7 Å². The van der Waals surface area contributed by atoms with Crippen molar-refractivity contribution in [1.82, 2.24) is 18.8 Å². The summed E-state index contributed by atoms with van der Waals surface area (Å²) in [7, 11) is -2.01. The van der Waals surface area contributed by atoms with Crippen molar-refractivity contribution in [3.8, 4) is 0 Å². The molecule has 42 heavy (non-hydrogen) atoms. The molecule has 3 aromatic carbocycles. The van der Waals surface area contributed by atoms with E-state index >= 15 is 0 Å². The van der Waals surface area contributed by atoms with Crippen molar-refractivity contribution in [2.24, 2.45) is 0 Å². The minimum Gasteiger partial charge on any atom is -0.325 e. The highest BCUT2D eigenvalue weighted by Crippen LogP contribution is 2.46. The summed E-state index contributed by atoms with van der Waals surface area (Å²) >= 11 is 6.36. The molecule has 0 unspecified atom stereocenters. The molecule has 1 aliphatic carbocycles. The molecule has 1 aromatic heterocycles. The number of sulfonamides is 1. The summed E-state index contributed by atoms with van der Waals surface area (Å²) in [6.07, 6.45) is 7.63. The van der Waals surface area contributed by atoms with E-state index in [9.17, 15) is 8.42 Å². The van der Waals surface area contributed by atoms with Gasteiger partial charge in [0.2, 0.25) is 10.0 Å². The van der Waals surface area contributed by atoms with Gasteiger partial charge in [0.15, 0.2) is 0 Å². The van der Waals surface area contributed by atoms with Gasteiger partial charge in [0.05, 0.1) is 16.1 Å². The summed E-state index contributed by atoms with van der Waals surface area (Å²) in [5.41, 5.74) is 4.77. The van der Waals surface area contributed by atoms with E-state index in [1.165, 1.54) is 29.5 Å². The van der Waals surface area contributed by atoms with Crippen molar-refractivity contribution in [3.05, 3.63) is 94.8 Å². The van der Waals surface area contributed by atoms with Crippen molar-refractivity contribution < 1.29 is 8.42 Å². The Bertz CT molecular complexity index is 1720. The quantitative estimate of drug-likeness (QED) is 0.224. The third kappa shape index (κ3) is 4.69. The van der Waals surface area contributed by atoms with Gasteiger partial charge < -0.3 is 4.57 Å². The molecule has 2 fully saturated rings. The number of fused-ring (bicyclic) bond motifs is 4. The second-order valence-electron chi connectivity index (χ2n) is 12.6. The highest BCUT2D eigenvalue weighted by molar-refractivity contribution is 7.89. The lowest BCUT2D eigenvalue weighted by atomic mass is 9.78. The van der Waals surface area contributed by atoms with Crippen LogP contribution in [0.25, 0.3) is 11.0 Å². The Labute approximate surface area is 254 Å². The first kappa shape index (κ1) is 28.1. The van der Waals surface area contributed by atoms with Crippen molar-refractivity contribution in [1.29, 1.82) is 0 Å². The highest BCUT2D eigenvalue weighted by Gasteiger charge is 2.46. The van der Waals surface area contributed by atoms with Crippen LogP contribution in [0.3, 0.4) is 0 Å². The van der Waals surface area contributed by atoms with Gasteiger partial charge in [-0.15, -0.1) is 0 Å². The van der Waals surface area contributed by atoms with Crippen LogP contribution < -0.4 is 0 Å². The third-order valence-electron chi connectivity index (χ3n) is 10.4. The highest BCUT2D eigenvalue weighted by atomic mass is 35.5. The van der Waals surface area contributed by atoms with Gasteiger partial charge in [0.25, 0.3) is 0 Å². The standard InChI is InChI=1S/C34H39ClN4O2S/c1-24-36-31-12-6-7-13-32(31)39(24)28-21-26-15-16-27(22-28)38(26)20-19-34(18-17-25-9-3-4-10-29(25)34)23-37(2)42(40,41)33-14-8-5-11-30(33)35/h3-14,26-28H,15-23H2,1-2H3/t26-,27-,34+/m0/s1. The number of halogens is 1. The monoisotopic (exact) mass is 602 g/mol. The molecule has 4 aromatic rings. The van der Waals surface area contributed by atoms with E-state index in [0.29, 0.717) is 24.7 Å². The SMILES string of the molecule is Cc1nc2ccccc2n1C1C[C@@H]2CC[C@@H](C1)N2CC[C@@]1(CN(C)S(=O)(=O)c2ccccc2Cl)CCc2ccccc21. The van der Waals surface area contributed by atoms with E-state index < -0.39 is 10.0 Å². The van der Waals surface area contributed by atoms with E-state index in [-0.39, 0.29) is 15.3 Å². The lowest BCUT2D eigenvalue weighted by Crippen LogP contribution is -2.47. The summed E-state index contributed by atoms with van der Waals surface area (Å²) in [4.78, 5) is 7.80. The predicted octanol–water partition coefficient (Wildman–Crippen LogP) is 6.76. The maximum absolute atomic E-state index is 13.7. The molecule has 2 saturated heterocycles. The summed E-state index contributed by atoms with van der Waals surface area (Å²) in [6.45, 7) is 3.58. The van der Waals surface area contributed by atoms with Crippen molar-refractivity contribution >= 4 is 32.7 Å². The van der Waals surface area contributed by atoms with Crippen molar-refractivity contribution in [2.45, 2.75) is 80.3 Å². The topological polar surface area (TPSA) is 58.4 Å². The molecule has 0 saturated carbocycles. The molecule has 3 heterocycles. The fourth-order valence-electron chi connectivity index (χ4n) is 8.39. The maximum atomic E-state index is 13.7. The normalized spacial score (nSPS) is 25.9. The number of rotatable bonds is 8. The number of para-hydroxylation sites is 2.